The summed E-state index contributed by atoms with van der Waals surface area (Å²) >= 11 is 0. The van der Waals surface area contributed by atoms with Crippen molar-refractivity contribution in [3.63, 3.8) is 0 Å². The maximum Gasteiger partial charge on any atom is 0.261 e. The van der Waals surface area contributed by atoms with Gasteiger partial charge in [0.15, 0.2) is 0 Å². The molecule has 1 fully saturated rings. The van der Waals surface area contributed by atoms with Gasteiger partial charge in [-0.15, -0.1) is 0 Å². The summed E-state index contributed by atoms with van der Waals surface area (Å²) in [7, 11) is 3.60. The van der Waals surface area contributed by atoms with Crippen molar-refractivity contribution in [1.29, 1.82) is 0 Å². The molecule has 1 aliphatic heterocycles. The topological polar surface area (TPSA) is 78.8 Å². The van der Waals surface area contributed by atoms with Gasteiger partial charge in [0.1, 0.15) is 6.54 Å². The van der Waals surface area contributed by atoms with Crippen molar-refractivity contribution < 1.29 is 9.59 Å². The molecule has 0 N–H and O–H groups in total. The summed E-state index contributed by atoms with van der Waals surface area (Å²) in [5.41, 5.74) is 0.336. The molecule has 2 heterocycles. The molecule has 1 aliphatic rings. The van der Waals surface area contributed by atoms with Gasteiger partial charge in [0, 0.05) is 33.2 Å². The van der Waals surface area contributed by atoms with Crippen LogP contribution in [0, 0.1) is 0 Å². The van der Waals surface area contributed by atoms with Gasteiger partial charge in [-0.1, -0.05) is 12.1 Å². The maximum atomic E-state index is 12.5. The van der Waals surface area contributed by atoms with E-state index in [9.17, 15) is 14.4 Å². The molecule has 26 heavy (non-hydrogen) atoms. The average Bonchev–Trinajstić information content (AvgIpc) is 2.64. The van der Waals surface area contributed by atoms with Crippen LogP contribution in [0.1, 0.15) is 0 Å². The van der Waals surface area contributed by atoms with E-state index in [4.69, 9.17) is 0 Å². The van der Waals surface area contributed by atoms with Crippen molar-refractivity contribution in [3.8, 4) is 0 Å². The number of rotatable bonds is 4. The number of para-hydroxylation sites is 1. The standard InChI is InChI=1S/C18H23N5O3/c1-20-7-9-22(10-8-20)17(25)11-21(2)16(24)12-23-13-19-15-6-4-3-5-14(15)18(23)26/h3-6,13H,7-12H2,1-2H3. The molecule has 0 saturated carbocycles. The molecule has 8 heteroatoms. The third kappa shape index (κ3) is 3.91. The van der Waals surface area contributed by atoms with Crippen molar-refractivity contribution in [1.82, 2.24) is 24.3 Å². The smallest absolute Gasteiger partial charge is 0.261 e. The minimum absolute atomic E-state index is 0.0122. The zero-order chi connectivity index (χ0) is 18.7. The Hall–Kier alpha value is -2.74. The van der Waals surface area contributed by atoms with E-state index >= 15 is 0 Å². The van der Waals surface area contributed by atoms with Crippen LogP contribution in [0.2, 0.25) is 0 Å². The van der Waals surface area contributed by atoms with E-state index in [2.05, 4.69) is 9.88 Å². The Morgan fingerprint density at radius 1 is 1.15 bits per heavy atom. The molecule has 3 rings (SSSR count). The third-order valence-electron chi connectivity index (χ3n) is 4.69. The molecular weight excluding hydrogens is 334 g/mol. The summed E-state index contributed by atoms with van der Waals surface area (Å²) in [5.74, 6) is -0.371. The number of carbonyl (C=O) groups is 2. The zero-order valence-corrected chi connectivity index (χ0v) is 15.1. The van der Waals surface area contributed by atoms with E-state index in [1.807, 2.05) is 13.1 Å². The molecule has 1 aromatic heterocycles. The molecule has 0 bridgehead atoms. The van der Waals surface area contributed by atoms with Gasteiger partial charge in [-0.3, -0.25) is 19.0 Å². The van der Waals surface area contributed by atoms with Crippen molar-refractivity contribution in [3.05, 3.63) is 40.9 Å². The Kier molecular flexibility index (Phi) is 5.32. The number of amides is 2. The number of hydrogen-bond donors (Lipinski definition) is 0. The van der Waals surface area contributed by atoms with E-state index < -0.39 is 0 Å². The van der Waals surface area contributed by atoms with Gasteiger partial charge in [0.05, 0.1) is 23.8 Å². The molecule has 138 valence electrons. The zero-order valence-electron chi connectivity index (χ0n) is 15.1. The number of piperazine rings is 1. The van der Waals surface area contributed by atoms with Crippen LogP contribution >= 0.6 is 0 Å². The van der Waals surface area contributed by atoms with E-state index in [0.717, 1.165) is 13.1 Å². The van der Waals surface area contributed by atoms with Crippen LogP contribution in [-0.4, -0.2) is 82.9 Å². The first-order valence-electron chi connectivity index (χ1n) is 8.60. The lowest BCUT2D eigenvalue weighted by Gasteiger charge is -2.33. The van der Waals surface area contributed by atoms with Gasteiger partial charge in [0.25, 0.3) is 5.56 Å². The average molecular weight is 357 g/mol. The monoisotopic (exact) mass is 357 g/mol. The molecule has 1 aromatic carbocycles. The van der Waals surface area contributed by atoms with Crippen molar-refractivity contribution >= 4 is 22.7 Å². The first kappa shape index (κ1) is 18.1. The van der Waals surface area contributed by atoms with E-state index in [1.54, 1.807) is 30.1 Å². The largest absolute Gasteiger partial charge is 0.339 e. The first-order chi connectivity index (χ1) is 12.5. The van der Waals surface area contributed by atoms with Gasteiger partial charge in [0.2, 0.25) is 11.8 Å². The minimum Gasteiger partial charge on any atom is -0.339 e. The SMILES string of the molecule is CN1CCN(C(=O)CN(C)C(=O)Cn2cnc3ccccc3c2=O)CC1. The lowest BCUT2D eigenvalue weighted by molar-refractivity contribution is -0.140. The fourth-order valence-electron chi connectivity index (χ4n) is 2.93. The molecule has 0 radical (unpaired) electrons. The van der Waals surface area contributed by atoms with Crippen molar-refractivity contribution in [2.45, 2.75) is 6.54 Å². The van der Waals surface area contributed by atoms with Gasteiger partial charge < -0.3 is 14.7 Å². The number of hydrogen-bond acceptors (Lipinski definition) is 5. The van der Waals surface area contributed by atoms with Crippen LogP contribution in [0.3, 0.4) is 0 Å². The second-order valence-electron chi connectivity index (χ2n) is 6.63. The van der Waals surface area contributed by atoms with Crippen molar-refractivity contribution in [2.75, 3.05) is 46.8 Å². The summed E-state index contributed by atoms with van der Waals surface area (Å²) in [6, 6.07) is 7.01. The lowest BCUT2D eigenvalue weighted by Crippen LogP contribution is -2.50. The van der Waals surface area contributed by atoms with Crippen LogP contribution in [0.5, 0.6) is 0 Å². The Bertz CT molecular complexity index is 871. The highest BCUT2D eigenvalue weighted by atomic mass is 16.2. The van der Waals surface area contributed by atoms with Gasteiger partial charge >= 0.3 is 0 Å². The maximum absolute atomic E-state index is 12.5. The molecular formula is C18H23N5O3. The second-order valence-corrected chi connectivity index (χ2v) is 6.63. The van der Waals surface area contributed by atoms with Crippen molar-refractivity contribution in [2.24, 2.45) is 0 Å². The minimum atomic E-state index is -0.299. The van der Waals surface area contributed by atoms with Crippen LogP contribution in [0.4, 0.5) is 0 Å². The fourth-order valence-corrected chi connectivity index (χ4v) is 2.93. The molecule has 0 aliphatic carbocycles. The Labute approximate surface area is 151 Å². The van der Waals surface area contributed by atoms with E-state index in [0.29, 0.717) is 24.0 Å². The molecule has 1 saturated heterocycles. The molecule has 0 spiro atoms. The molecule has 2 aromatic rings. The second kappa shape index (κ2) is 7.65. The van der Waals surface area contributed by atoms with E-state index in [-0.39, 0.29) is 30.5 Å². The summed E-state index contributed by atoms with van der Waals surface area (Å²) in [5, 5.41) is 0.471. The highest BCUT2D eigenvalue weighted by Gasteiger charge is 2.22. The number of fused-ring (bicyclic) bond motifs is 1. The predicted octanol–water partition coefficient (Wildman–Crippen LogP) is -0.371. The highest BCUT2D eigenvalue weighted by Crippen LogP contribution is 2.05. The number of nitrogens with zero attached hydrogens (tertiary/aromatic N) is 5. The van der Waals surface area contributed by atoms with Gasteiger partial charge in [-0.2, -0.15) is 0 Å². The molecule has 8 nitrogen and oxygen atoms in total. The normalized spacial score (nSPS) is 15.2. The van der Waals surface area contributed by atoms with E-state index in [1.165, 1.54) is 15.8 Å². The number of carbonyl (C=O) groups excluding carboxylic acids is 2. The highest BCUT2D eigenvalue weighted by molar-refractivity contribution is 5.85. The number of benzene rings is 1. The first-order valence-corrected chi connectivity index (χ1v) is 8.60. The van der Waals surface area contributed by atoms with Gasteiger partial charge in [-0.25, -0.2) is 4.98 Å². The number of aromatic nitrogens is 2. The molecule has 0 unspecified atom stereocenters. The molecule has 2 amide bonds. The lowest BCUT2D eigenvalue weighted by atomic mass is 10.2. The Balaban J connectivity index is 1.63. The van der Waals surface area contributed by atoms with Crippen LogP contribution in [-0.2, 0) is 16.1 Å². The summed E-state index contributed by atoms with van der Waals surface area (Å²) in [6.07, 6.45) is 1.37. The predicted molar refractivity (Wildman–Crippen MR) is 97.7 cm³/mol. The van der Waals surface area contributed by atoms with Gasteiger partial charge in [-0.05, 0) is 19.2 Å². The summed E-state index contributed by atoms with van der Waals surface area (Å²) in [6.45, 7) is 2.89. The third-order valence-corrected chi connectivity index (χ3v) is 4.69. The van der Waals surface area contributed by atoms with Crippen LogP contribution < -0.4 is 5.56 Å². The van der Waals surface area contributed by atoms with Crippen LogP contribution in [0.15, 0.2) is 35.4 Å². The Morgan fingerprint density at radius 3 is 2.58 bits per heavy atom. The van der Waals surface area contributed by atoms with Crippen LogP contribution in [0.25, 0.3) is 10.9 Å². The molecule has 0 atom stereocenters. The fraction of sp³-hybridized carbons (Fsp3) is 0.444. The number of likely N-dealkylation sites (N-methyl/N-ethyl adjacent to an activating group) is 2. The summed E-state index contributed by atoms with van der Waals surface area (Å²) in [4.78, 5) is 46.7. The Morgan fingerprint density at radius 2 is 1.85 bits per heavy atom. The summed E-state index contributed by atoms with van der Waals surface area (Å²) < 4.78 is 1.28. The quantitative estimate of drug-likeness (QED) is 0.746.